The Morgan fingerprint density at radius 2 is 1.03 bits per heavy atom. The molecule has 32 heavy (non-hydrogen) atoms. The number of nitrogens with one attached hydrogen (secondary N) is 2. The molecule has 0 radical (unpaired) electrons. The van der Waals surface area contributed by atoms with Gasteiger partial charge in [0, 0.05) is 32.9 Å². The number of thioether (sulfide) groups is 2. The van der Waals surface area contributed by atoms with Crippen LogP contribution in [0.1, 0.15) is 39.5 Å². The lowest BCUT2D eigenvalue weighted by Gasteiger charge is -2.13. The van der Waals surface area contributed by atoms with Crippen LogP contribution in [-0.2, 0) is 9.59 Å². The van der Waals surface area contributed by atoms with Crippen molar-refractivity contribution >= 4 is 58.5 Å². The highest BCUT2D eigenvalue weighted by Crippen LogP contribution is 2.25. The minimum Gasteiger partial charge on any atom is -0.355 e. The third-order valence-corrected chi connectivity index (χ3v) is 7.42. The minimum absolute atomic E-state index is 0.0457. The van der Waals surface area contributed by atoms with Gasteiger partial charge in [0.1, 0.15) is 0 Å². The third-order valence-electron chi connectivity index (χ3n) is 4.69. The molecule has 8 heteroatoms. The molecule has 2 rings (SSSR count). The Morgan fingerprint density at radius 1 is 0.688 bits per heavy atom. The average Bonchev–Trinajstić information content (AvgIpc) is 2.78. The van der Waals surface area contributed by atoms with Crippen LogP contribution in [0.4, 0.5) is 0 Å². The monoisotopic (exact) mass is 512 g/mol. The Balaban J connectivity index is 1.49. The van der Waals surface area contributed by atoms with E-state index in [-0.39, 0.29) is 22.3 Å². The van der Waals surface area contributed by atoms with E-state index in [0.717, 1.165) is 35.5 Å². The quantitative estimate of drug-likeness (QED) is 0.239. The molecule has 2 aromatic carbocycles. The van der Waals surface area contributed by atoms with Crippen LogP contribution in [0.2, 0.25) is 10.0 Å². The maximum absolute atomic E-state index is 12.2. The predicted octanol–water partition coefficient (Wildman–Crippen LogP) is 6.45. The second-order valence-corrected chi connectivity index (χ2v) is 11.1. The molecule has 0 fully saturated rings. The van der Waals surface area contributed by atoms with E-state index < -0.39 is 0 Å². The number of rotatable bonds is 13. The summed E-state index contributed by atoms with van der Waals surface area (Å²) in [7, 11) is 0. The highest BCUT2D eigenvalue weighted by Gasteiger charge is 2.14. The number of hydrogen-bond acceptors (Lipinski definition) is 4. The topological polar surface area (TPSA) is 58.2 Å². The Hall–Kier alpha value is -1.34. The van der Waals surface area contributed by atoms with Crippen molar-refractivity contribution in [3.8, 4) is 0 Å². The van der Waals surface area contributed by atoms with Crippen LogP contribution >= 0.6 is 46.7 Å². The van der Waals surface area contributed by atoms with Crippen molar-refractivity contribution < 1.29 is 9.59 Å². The molecule has 0 aromatic heterocycles. The van der Waals surface area contributed by atoms with Gasteiger partial charge in [-0.25, -0.2) is 0 Å². The van der Waals surface area contributed by atoms with E-state index in [4.69, 9.17) is 23.2 Å². The first kappa shape index (κ1) is 26.9. The number of halogens is 2. The first-order valence-electron chi connectivity index (χ1n) is 10.7. The number of carbonyl (C=O) groups is 2. The van der Waals surface area contributed by atoms with E-state index in [2.05, 4.69) is 10.6 Å². The zero-order valence-electron chi connectivity index (χ0n) is 18.4. The minimum atomic E-state index is -0.154. The van der Waals surface area contributed by atoms with Crippen LogP contribution in [-0.4, -0.2) is 35.4 Å². The van der Waals surface area contributed by atoms with Gasteiger partial charge in [-0.3, -0.25) is 9.59 Å². The van der Waals surface area contributed by atoms with Gasteiger partial charge in [0.2, 0.25) is 11.8 Å². The SMILES string of the molecule is C[C@H](Sc1ccc(Cl)cc1)C(=O)NCCCCCCNC(=O)[C@H](C)Sc1ccc(Cl)cc1. The van der Waals surface area contributed by atoms with Crippen molar-refractivity contribution in [3.05, 3.63) is 58.6 Å². The normalized spacial score (nSPS) is 12.8. The molecule has 0 unspecified atom stereocenters. The van der Waals surface area contributed by atoms with Gasteiger partial charge in [0.05, 0.1) is 10.5 Å². The summed E-state index contributed by atoms with van der Waals surface area (Å²) in [5.74, 6) is 0.0915. The molecule has 0 saturated heterocycles. The van der Waals surface area contributed by atoms with Crippen LogP contribution in [0.25, 0.3) is 0 Å². The summed E-state index contributed by atoms with van der Waals surface area (Å²) in [5.41, 5.74) is 0. The fourth-order valence-electron chi connectivity index (χ4n) is 2.86. The van der Waals surface area contributed by atoms with E-state index in [9.17, 15) is 9.59 Å². The molecule has 0 bridgehead atoms. The van der Waals surface area contributed by atoms with Crippen LogP contribution in [0, 0.1) is 0 Å². The summed E-state index contributed by atoms with van der Waals surface area (Å²) in [6.45, 7) is 5.16. The maximum atomic E-state index is 12.2. The van der Waals surface area contributed by atoms with Gasteiger partial charge in [-0.15, -0.1) is 23.5 Å². The van der Waals surface area contributed by atoms with Crippen LogP contribution in [0.3, 0.4) is 0 Å². The smallest absolute Gasteiger partial charge is 0.233 e. The fourth-order valence-corrected chi connectivity index (χ4v) is 4.89. The summed E-state index contributed by atoms with van der Waals surface area (Å²) >= 11 is 14.8. The second kappa shape index (κ2) is 14.7. The van der Waals surface area contributed by atoms with Crippen molar-refractivity contribution in [3.63, 3.8) is 0 Å². The molecule has 2 aromatic rings. The predicted molar refractivity (Wildman–Crippen MR) is 138 cm³/mol. The van der Waals surface area contributed by atoms with Crippen molar-refractivity contribution in [2.75, 3.05) is 13.1 Å². The number of amides is 2. The van der Waals surface area contributed by atoms with E-state index in [1.54, 1.807) is 0 Å². The van der Waals surface area contributed by atoms with Gasteiger partial charge >= 0.3 is 0 Å². The lowest BCUT2D eigenvalue weighted by atomic mass is 10.2. The highest BCUT2D eigenvalue weighted by atomic mass is 35.5. The standard InChI is InChI=1S/C24H30Cl2N2O2S2/c1-17(31-21-11-7-19(25)8-12-21)23(29)27-15-5-3-4-6-16-28-24(30)18(2)32-22-13-9-20(26)10-14-22/h7-14,17-18H,3-6,15-16H2,1-2H3,(H,27,29)(H,28,30)/t17-,18-/m0/s1. The Bertz CT molecular complexity index is 777. The van der Waals surface area contributed by atoms with Gasteiger partial charge in [-0.05, 0) is 75.2 Å². The Kier molecular flexibility index (Phi) is 12.4. The third kappa shape index (κ3) is 10.5. The zero-order chi connectivity index (χ0) is 23.3. The van der Waals surface area contributed by atoms with Crippen LogP contribution < -0.4 is 10.6 Å². The first-order chi connectivity index (χ1) is 15.3. The van der Waals surface area contributed by atoms with Gasteiger partial charge in [-0.2, -0.15) is 0 Å². The van der Waals surface area contributed by atoms with E-state index in [1.807, 2.05) is 62.4 Å². The van der Waals surface area contributed by atoms with Crippen molar-refractivity contribution in [1.82, 2.24) is 10.6 Å². The average molecular weight is 514 g/mol. The number of carbonyl (C=O) groups excluding carboxylic acids is 2. The number of unbranched alkanes of at least 4 members (excludes halogenated alkanes) is 3. The van der Waals surface area contributed by atoms with Gasteiger partial charge in [0.15, 0.2) is 0 Å². The van der Waals surface area contributed by atoms with Crippen molar-refractivity contribution in [1.29, 1.82) is 0 Å². The molecular weight excluding hydrogens is 483 g/mol. The largest absolute Gasteiger partial charge is 0.355 e. The molecule has 174 valence electrons. The summed E-state index contributed by atoms with van der Waals surface area (Å²) in [5, 5.41) is 7.07. The molecule has 2 atom stereocenters. The number of hydrogen-bond donors (Lipinski definition) is 2. The van der Waals surface area contributed by atoms with Gasteiger partial charge in [0.25, 0.3) is 0 Å². The van der Waals surface area contributed by atoms with Crippen molar-refractivity contribution in [2.24, 2.45) is 0 Å². The van der Waals surface area contributed by atoms with Crippen LogP contribution in [0.5, 0.6) is 0 Å². The van der Waals surface area contributed by atoms with Crippen molar-refractivity contribution in [2.45, 2.75) is 59.8 Å². The van der Waals surface area contributed by atoms with Crippen LogP contribution in [0.15, 0.2) is 58.3 Å². The van der Waals surface area contributed by atoms with E-state index >= 15 is 0 Å². The fraction of sp³-hybridized carbons (Fsp3) is 0.417. The molecule has 0 saturated carbocycles. The summed E-state index contributed by atoms with van der Waals surface area (Å²) in [6, 6.07) is 15.0. The van der Waals surface area contributed by atoms with E-state index in [1.165, 1.54) is 23.5 Å². The molecule has 0 heterocycles. The lowest BCUT2D eigenvalue weighted by Crippen LogP contribution is -2.32. The molecule has 0 aliphatic rings. The summed E-state index contributed by atoms with van der Waals surface area (Å²) in [4.78, 5) is 26.5. The van der Waals surface area contributed by atoms with Gasteiger partial charge in [-0.1, -0.05) is 36.0 Å². The van der Waals surface area contributed by atoms with E-state index in [0.29, 0.717) is 23.1 Å². The Labute approximate surface area is 209 Å². The number of benzene rings is 2. The molecule has 0 aliphatic heterocycles. The maximum Gasteiger partial charge on any atom is 0.233 e. The highest BCUT2D eigenvalue weighted by molar-refractivity contribution is 8.00. The summed E-state index contributed by atoms with van der Waals surface area (Å²) in [6.07, 6.45) is 3.90. The second-order valence-electron chi connectivity index (χ2n) is 7.42. The molecule has 2 amide bonds. The molecule has 2 N–H and O–H groups in total. The van der Waals surface area contributed by atoms with Gasteiger partial charge < -0.3 is 10.6 Å². The molecule has 4 nitrogen and oxygen atoms in total. The first-order valence-corrected chi connectivity index (χ1v) is 13.3. The zero-order valence-corrected chi connectivity index (χ0v) is 21.5. The molecule has 0 spiro atoms. The molecular formula is C24H30Cl2N2O2S2. The summed E-state index contributed by atoms with van der Waals surface area (Å²) < 4.78 is 0. The molecule has 0 aliphatic carbocycles. The lowest BCUT2D eigenvalue weighted by molar-refractivity contribution is -0.121. The Morgan fingerprint density at radius 3 is 1.38 bits per heavy atom.